The molecule has 0 amide bonds. The molecular weight excluding hydrogens is 376 g/mol. The molecule has 2 aromatic carbocycles. The molecule has 0 N–H and O–H groups in total. The monoisotopic (exact) mass is 394 g/mol. The fraction of sp³-hybridized carbons (Fsp3) is 0. The van der Waals surface area contributed by atoms with Gasteiger partial charge in [0.2, 0.25) is 0 Å². The first-order chi connectivity index (χ1) is 12.8. The van der Waals surface area contributed by atoms with Crippen LogP contribution < -0.4 is 0 Å². The molecule has 0 unspecified atom stereocenters. The van der Waals surface area contributed by atoms with E-state index in [1.807, 2.05) is 110 Å². The molecule has 0 fully saturated rings. The summed E-state index contributed by atoms with van der Waals surface area (Å²) in [7, 11) is 0. The predicted octanol–water partition coefficient (Wildman–Crippen LogP) is 5.14. The second-order valence-electron chi connectivity index (χ2n) is 5.74. The Morgan fingerprint density at radius 3 is 1.19 bits per heavy atom. The number of carbonyl (C=O) groups excluding carboxylic acids is 2. The summed E-state index contributed by atoms with van der Waals surface area (Å²) in [6.07, 6.45) is 14.8. The fourth-order valence-electron chi connectivity index (χ4n) is 2.56. The Balaban J connectivity index is 0.000000187. The van der Waals surface area contributed by atoms with E-state index in [-0.39, 0.29) is 28.6 Å². The number of ketones is 2. The summed E-state index contributed by atoms with van der Waals surface area (Å²) in [5.74, 6) is 0.177. The van der Waals surface area contributed by atoms with Crippen LogP contribution in [0.3, 0.4) is 0 Å². The van der Waals surface area contributed by atoms with Crippen molar-refractivity contribution in [1.82, 2.24) is 0 Å². The van der Waals surface area contributed by atoms with E-state index in [1.165, 1.54) is 0 Å². The number of allylic oxidation sites excluding steroid dienone is 8. The van der Waals surface area contributed by atoms with E-state index in [9.17, 15) is 9.59 Å². The first kappa shape index (κ1) is 20.6. The first-order valence-electron chi connectivity index (χ1n) is 8.38. The van der Waals surface area contributed by atoms with Gasteiger partial charge in [-0.1, -0.05) is 97.1 Å². The van der Waals surface area contributed by atoms with Crippen LogP contribution in [0.25, 0.3) is 0 Å². The molecule has 2 aromatic rings. The minimum atomic E-state index is 0. The Morgan fingerprint density at radius 1 is 0.519 bits per heavy atom. The van der Waals surface area contributed by atoms with Crippen LogP contribution in [0.1, 0.15) is 20.7 Å². The van der Waals surface area contributed by atoms with Gasteiger partial charge in [0, 0.05) is 52.2 Å². The van der Waals surface area contributed by atoms with Gasteiger partial charge in [0.05, 0.1) is 0 Å². The standard InChI is InChI=1S/2C12H9O.Fe/c2*13-12(11-8-4-5-9-11)10-6-2-1-3-7-10;/h2*1-9H;. The van der Waals surface area contributed by atoms with E-state index >= 15 is 0 Å². The number of hydrogen-bond acceptors (Lipinski definition) is 2. The molecule has 0 saturated carbocycles. The summed E-state index contributed by atoms with van der Waals surface area (Å²) in [4.78, 5) is 23.4. The van der Waals surface area contributed by atoms with Crippen LogP contribution in [0, 0.1) is 12.8 Å². The van der Waals surface area contributed by atoms with Crippen molar-refractivity contribution in [3.05, 3.63) is 132 Å². The smallest absolute Gasteiger partial charge is 0.189 e. The number of benzene rings is 2. The Labute approximate surface area is 170 Å². The quantitative estimate of drug-likeness (QED) is 0.532. The van der Waals surface area contributed by atoms with Gasteiger partial charge in [0.1, 0.15) is 0 Å². The van der Waals surface area contributed by atoms with Crippen molar-refractivity contribution >= 4 is 11.6 Å². The third kappa shape index (κ3) is 5.62. The van der Waals surface area contributed by atoms with Gasteiger partial charge in [-0.05, 0) is 0 Å². The van der Waals surface area contributed by atoms with Gasteiger partial charge in [-0.25, -0.2) is 0 Å². The minimum absolute atomic E-state index is 0. The molecule has 2 aliphatic rings. The predicted molar refractivity (Wildman–Crippen MR) is 105 cm³/mol. The average Bonchev–Trinajstić information content (AvgIpc) is 3.43. The molecule has 2 aliphatic carbocycles. The molecule has 0 saturated heterocycles. The summed E-state index contributed by atoms with van der Waals surface area (Å²) in [6.45, 7) is 0. The molecule has 134 valence electrons. The normalized spacial score (nSPS) is 13.8. The maximum Gasteiger partial charge on any atom is 0.189 e. The molecule has 2 radical (unpaired) electrons. The van der Waals surface area contributed by atoms with E-state index in [4.69, 9.17) is 0 Å². The molecule has 4 rings (SSSR count). The van der Waals surface area contributed by atoms with Crippen LogP contribution in [0.15, 0.2) is 108 Å². The van der Waals surface area contributed by atoms with E-state index in [2.05, 4.69) is 0 Å². The molecular formula is C24H18FeO2. The van der Waals surface area contributed by atoms with E-state index < -0.39 is 0 Å². The Morgan fingerprint density at radius 2 is 0.889 bits per heavy atom. The van der Waals surface area contributed by atoms with Crippen molar-refractivity contribution in [2.24, 2.45) is 0 Å². The van der Waals surface area contributed by atoms with Gasteiger partial charge in [0.15, 0.2) is 11.6 Å². The SMILES string of the molecule is O=C(C1=CC=C[CH]1)c1ccccc1.O=C(C1=CC=C[CH]1)c1ccccc1.[Fe]. The van der Waals surface area contributed by atoms with Crippen molar-refractivity contribution in [2.75, 3.05) is 0 Å². The molecule has 0 heterocycles. The third-order valence-corrected chi connectivity index (χ3v) is 3.92. The zero-order valence-electron chi connectivity index (χ0n) is 14.6. The molecule has 0 bridgehead atoms. The summed E-state index contributed by atoms with van der Waals surface area (Å²) in [5.41, 5.74) is 3.00. The number of hydrogen-bond donors (Lipinski definition) is 0. The van der Waals surface area contributed by atoms with E-state index in [1.54, 1.807) is 0 Å². The number of carbonyl (C=O) groups is 2. The van der Waals surface area contributed by atoms with Crippen molar-refractivity contribution in [3.8, 4) is 0 Å². The van der Waals surface area contributed by atoms with Gasteiger partial charge < -0.3 is 0 Å². The molecule has 0 spiro atoms. The second-order valence-corrected chi connectivity index (χ2v) is 5.74. The fourth-order valence-corrected chi connectivity index (χ4v) is 2.56. The summed E-state index contributed by atoms with van der Waals surface area (Å²) in [6, 6.07) is 18.6. The maximum atomic E-state index is 11.7. The second kappa shape index (κ2) is 10.4. The van der Waals surface area contributed by atoms with Gasteiger partial charge in [-0.3, -0.25) is 9.59 Å². The number of rotatable bonds is 4. The van der Waals surface area contributed by atoms with Crippen LogP contribution >= 0.6 is 0 Å². The van der Waals surface area contributed by atoms with Crippen molar-refractivity contribution in [3.63, 3.8) is 0 Å². The molecule has 27 heavy (non-hydrogen) atoms. The maximum absolute atomic E-state index is 11.7. The Bertz CT molecular complexity index is 826. The van der Waals surface area contributed by atoms with Crippen LogP contribution in [-0.4, -0.2) is 11.6 Å². The third-order valence-electron chi connectivity index (χ3n) is 3.92. The summed E-state index contributed by atoms with van der Waals surface area (Å²) in [5, 5.41) is 0. The van der Waals surface area contributed by atoms with E-state index in [0.717, 1.165) is 22.3 Å². The molecule has 0 atom stereocenters. The van der Waals surface area contributed by atoms with Gasteiger partial charge in [0.25, 0.3) is 0 Å². The molecule has 0 aliphatic heterocycles. The van der Waals surface area contributed by atoms with Crippen LogP contribution in [-0.2, 0) is 17.1 Å². The van der Waals surface area contributed by atoms with Crippen LogP contribution in [0.4, 0.5) is 0 Å². The Kier molecular flexibility index (Phi) is 7.94. The summed E-state index contributed by atoms with van der Waals surface area (Å²) >= 11 is 0. The van der Waals surface area contributed by atoms with Gasteiger partial charge >= 0.3 is 0 Å². The van der Waals surface area contributed by atoms with Crippen LogP contribution in [0.2, 0.25) is 0 Å². The largest absolute Gasteiger partial charge is 0.289 e. The van der Waals surface area contributed by atoms with Crippen molar-refractivity contribution < 1.29 is 26.7 Å². The number of Topliss-reactive ketones (excluding diaryl/α,β-unsaturated/α-hetero) is 2. The van der Waals surface area contributed by atoms with Gasteiger partial charge in [-0.15, -0.1) is 0 Å². The molecule has 2 nitrogen and oxygen atoms in total. The summed E-state index contributed by atoms with van der Waals surface area (Å²) < 4.78 is 0. The topological polar surface area (TPSA) is 34.1 Å². The Hall–Kier alpha value is -2.74. The van der Waals surface area contributed by atoms with E-state index in [0.29, 0.717) is 0 Å². The average molecular weight is 394 g/mol. The molecule has 0 aromatic heterocycles. The zero-order valence-corrected chi connectivity index (χ0v) is 15.7. The molecule has 3 heteroatoms. The minimum Gasteiger partial charge on any atom is -0.289 e. The van der Waals surface area contributed by atoms with Crippen molar-refractivity contribution in [2.45, 2.75) is 0 Å². The van der Waals surface area contributed by atoms with Gasteiger partial charge in [-0.2, -0.15) is 0 Å². The van der Waals surface area contributed by atoms with Crippen LogP contribution in [0.5, 0.6) is 0 Å². The zero-order chi connectivity index (χ0) is 18.2. The van der Waals surface area contributed by atoms with Crippen molar-refractivity contribution in [1.29, 1.82) is 0 Å². The first-order valence-corrected chi connectivity index (χ1v) is 8.38.